The number of nitrogens with one attached hydrogen (secondary N) is 1. The van der Waals surface area contributed by atoms with Gasteiger partial charge in [-0.15, -0.1) is 0 Å². The lowest BCUT2D eigenvalue weighted by molar-refractivity contribution is 0.0232. The van der Waals surface area contributed by atoms with Gasteiger partial charge in [0.15, 0.2) is 0 Å². The Labute approximate surface area is 184 Å². The molecule has 0 aliphatic carbocycles. The molecule has 0 saturated heterocycles. The summed E-state index contributed by atoms with van der Waals surface area (Å²) < 4.78 is 6.31. The second kappa shape index (κ2) is 10.6. The highest BCUT2D eigenvalue weighted by molar-refractivity contribution is 9.10. The maximum atomic E-state index is 12.6. The highest BCUT2D eigenvalue weighted by Gasteiger charge is 2.22. The largest absolute Gasteiger partial charge is 0.444 e. The van der Waals surface area contributed by atoms with Gasteiger partial charge >= 0.3 is 6.09 Å². The van der Waals surface area contributed by atoms with E-state index in [1.54, 1.807) is 35.5 Å². The third kappa shape index (κ3) is 8.03. The average Bonchev–Trinajstić information content (AvgIpc) is 2.63. The summed E-state index contributed by atoms with van der Waals surface area (Å²) in [5.41, 5.74) is 0.731. The van der Waals surface area contributed by atoms with Gasteiger partial charge in [-0.1, -0.05) is 33.6 Å². The molecule has 0 spiro atoms. The summed E-state index contributed by atoms with van der Waals surface area (Å²) in [5, 5.41) is 3.21. The Hall–Kier alpha value is -2.12. The van der Waals surface area contributed by atoms with Crippen LogP contribution in [0.1, 0.15) is 43.1 Å². The van der Waals surface area contributed by atoms with E-state index in [0.717, 1.165) is 10.0 Å². The number of aromatic nitrogens is 1. The number of benzene rings is 1. The van der Waals surface area contributed by atoms with Gasteiger partial charge in [0.05, 0.1) is 17.1 Å². The summed E-state index contributed by atoms with van der Waals surface area (Å²) >= 11 is 9.43. The number of hydrogen-bond acceptors (Lipinski definition) is 4. The third-order valence-corrected chi connectivity index (χ3v) is 4.62. The lowest BCUT2D eigenvalue weighted by Gasteiger charge is -2.27. The van der Waals surface area contributed by atoms with Gasteiger partial charge in [0.25, 0.3) is 5.91 Å². The summed E-state index contributed by atoms with van der Waals surface area (Å²) in [4.78, 5) is 30.6. The van der Waals surface area contributed by atoms with Crippen LogP contribution in [0, 0.1) is 0 Å². The summed E-state index contributed by atoms with van der Waals surface area (Å²) in [6.07, 6.45) is 3.57. The van der Waals surface area contributed by atoms with Crippen LogP contribution >= 0.6 is 27.5 Å². The van der Waals surface area contributed by atoms with Crippen LogP contribution in [-0.4, -0.2) is 40.6 Å². The summed E-state index contributed by atoms with van der Waals surface area (Å²) in [6, 6.07) is 8.83. The van der Waals surface area contributed by atoms with Gasteiger partial charge in [-0.2, -0.15) is 0 Å². The van der Waals surface area contributed by atoms with E-state index >= 15 is 0 Å². The Balaban J connectivity index is 1.92. The molecule has 0 radical (unpaired) electrons. The fourth-order valence-electron chi connectivity index (χ4n) is 2.51. The van der Waals surface area contributed by atoms with Gasteiger partial charge in [-0.05, 0) is 57.0 Å². The van der Waals surface area contributed by atoms with Gasteiger partial charge in [-0.3, -0.25) is 9.78 Å². The molecule has 29 heavy (non-hydrogen) atoms. The number of carbonyl (C=O) groups excluding carboxylic acids is 2. The first-order valence-corrected chi connectivity index (χ1v) is 10.4. The van der Waals surface area contributed by atoms with Crippen LogP contribution in [0.2, 0.25) is 5.02 Å². The summed E-state index contributed by atoms with van der Waals surface area (Å²) in [6.45, 7) is 6.70. The van der Waals surface area contributed by atoms with Crippen molar-refractivity contribution < 1.29 is 14.3 Å². The van der Waals surface area contributed by atoms with E-state index in [1.165, 1.54) is 0 Å². The van der Waals surface area contributed by atoms with Crippen molar-refractivity contribution in [3.63, 3.8) is 0 Å². The average molecular weight is 483 g/mol. The maximum Gasteiger partial charge on any atom is 0.410 e. The van der Waals surface area contributed by atoms with Gasteiger partial charge in [-0.25, -0.2) is 4.79 Å². The van der Waals surface area contributed by atoms with Crippen molar-refractivity contribution in [1.82, 2.24) is 15.2 Å². The Morgan fingerprint density at radius 2 is 2.03 bits per heavy atom. The number of pyridine rings is 1. The van der Waals surface area contributed by atoms with Crippen molar-refractivity contribution in [3.05, 3.63) is 63.3 Å². The van der Waals surface area contributed by atoms with Crippen LogP contribution in [0.5, 0.6) is 0 Å². The lowest BCUT2D eigenvalue weighted by Crippen LogP contribution is -2.38. The Kier molecular flexibility index (Phi) is 8.46. The highest BCUT2D eigenvalue weighted by atomic mass is 79.9. The molecule has 2 aromatic rings. The molecule has 0 unspecified atom stereocenters. The standard InChI is InChI=1S/C21H25BrClN3O3/c1-21(2,3)29-20(28)26(14-15-6-4-9-24-13-15)11-5-10-25-19(27)17-8-7-16(22)12-18(17)23/h4,6-9,12-13H,5,10-11,14H2,1-3H3,(H,25,27). The van der Waals surface area contributed by atoms with E-state index in [-0.39, 0.29) is 5.91 Å². The minimum atomic E-state index is -0.586. The van der Waals surface area contributed by atoms with Crippen LogP contribution < -0.4 is 5.32 Å². The molecule has 1 heterocycles. The van der Waals surface area contributed by atoms with Crippen LogP contribution in [0.3, 0.4) is 0 Å². The molecule has 156 valence electrons. The second-order valence-corrected chi connectivity index (χ2v) is 8.82. The van der Waals surface area contributed by atoms with E-state index in [2.05, 4.69) is 26.2 Å². The fraction of sp³-hybridized carbons (Fsp3) is 0.381. The smallest absolute Gasteiger partial charge is 0.410 e. The zero-order valence-electron chi connectivity index (χ0n) is 16.7. The predicted octanol–water partition coefficient (Wildman–Crippen LogP) is 5.05. The quantitative estimate of drug-likeness (QED) is 0.560. The Bertz CT molecular complexity index is 841. The molecular formula is C21H25BrClN3O3. The van der Waals surface area contributed by atoms with E-state index in [9.17, 15) is 9.59 Å². The Morgan fingerprint density at radius 3 is 2.66 bits per heavy atom. The normalized spacial score (nSPS) is 11.1. The molecule has 2 amide bonds. The molecule has 8 heteroatoms. The zero-order valence-corrected chi connectivity index (χ0v) is 19.1. The van der Waals surface area contributed by atoms with Crippen molar-refractivity contribution >= 4 is 39.5 Å². The van der Waals surface area contributed by atoms with E-state index in [0.29, 0.717) is 36.6 Å². The molecule has 0 atom stereocenters. The summed E-state index contributed by atoms with van der Waals surface area (Å²) in [5.74, 6) is -0.251. The van der Waals surface area contributed by atoms with Crippen molar-refractivity contribution in [1.29, 1.82) is 0 Å². The van der Waals surface area contributed by atoms with Crippen LogP contribution in [0.25, 0.3) is 0 Å². The molecule has 0 fully saturated rings. The van der Waals surface area contributed by atoms with Crippen LogP contribution in [-0.2, 0) is 11.3 Å². The number of nitrogens with zero attached hydrogens (tertiary/aromatic N) is 2. The van der Waals surface area contributed by atoms with E-state index in [4.69, 9.17) is 16.3 Å². The molecule has 0 aliphatic rings. The van der Waals surface area contributed by atoms with Gasteiger partial charge in [0, 0.05) is 30.0 Å². The number of hydrogen-bond donors (Lipinski definition) is 1. The van der Waals surface area contributed by atoms with E-state index < -0.39 is 11.7 Å². The number of halogens is 2. The number of rotatable bonds is 7. The van der Waals surface area contributed by atoms with Gasteiger partial charge in [0.2, 0.25) is 0 Å². The topological polar surface area (TPSA) is 71.5 Å². The van der Waals surface area contributed by atoms with Gasteiger partial charge in [0.1, 0.15) is 5.60 Å². The Morgan fingerprint density at radius 1 is 1.28 bits per heavy atom. The van der Waals surface area contributed by atoms with Crippen molar-refractivity contribution in [2.75, 3.05) is 13.1 Å². The first-order chi connectivity index (χ1) is 13.7. The maximum absolute atomic E-state index is 12.6. The second-order valence-electron chi connectivity index (χ2n) is 7.50. The lowest BCUT2D eigenvalue weighted by atomic mass is 10.2. The molecule has 0 bridgehead atoms. The molecule has 1 aromatic heterocycles. The van der Waals surface area contributed by atoms with E-state index in [1.807, 2.05) is 32.9 Å². The summed E-state index contributed by atoms with van der Waals surface area (Å²) in [7, 11) is 0. The zero-order chi connectivity index (χ0) is 21.4. The molecular weight excluding hydrogens is 458 g/mol. The molecule has 2 rings (SSSR count). The SMILES string of the molecule is CC(C)(C)OC(=O)N(CCCNC(=O)c1ccc(Br)cc1Cl)Cc1cccnc1. The molecule has 0 saturated carbocycles. The monoisotopic (exact) mass is 481 g/mol. The van der Waals surface area contributed by atoms with Gasteiger partial charge < -0.3 is 15.0 Å². The third-order valence-electron chi connectivity index (χ3n) is 3.81. The van der Waals surface area contributed by atoms with Crippen LogP contribution in [0.15, 0.2) is 47.2 Å². The van der Waals surface area contributed by atoms with Crippen molar-refractivity contribution in [2.45, 2.75) is 39.3 Å². The number of amides is 2. The van der Waals surface area contributed by atoms with Crippen molar-refractivity contribution in [3.8, 4) is 0 Å². The van der Waals surface area contributed by atoms with Crippen molar-refractivity contribution in [2.24, 2.45) is 0 Å². The fourth-order valence-corrected chi connectivity index (χ4v) is 3.27. The minimum Gasteiger partial charge on any atom is -0.444 e. The number of carbonyl (C=O) groups is 2. The molecule has 6 nitrogen and oxygen atoms in total. The molecule has 1 aromatic carbocycles. The first-order valence-electron chi connectivity index (χ1n) is 9.26. The minimum absolute atomic E-state index is 0.251. The predicted molar refractivity (Wildman–Crippen MR) is 117 cm³/mol. The molecule has 0 aliphatic heterocycles. The first kappa shape index (κ1) is 23.2. The molecule has 1 N–H and O–H groups in total. The highest BCUT2D eigenvalue weighted by Crippen LogP contribution is 2.21. The number of ether oxygens (including phenoxy) is 1. The van der Waals surface area contributed by atoms with Crippen LogP contribution in [0.4, 0.5) is 4.79 Å².